The van der Waals surface area contributed by atoms with Crippen molar-refractivity contribution in [3.05, 3.63) is 59.1 Å². The number of carbonyl (C=O) groups excluding carboxylic acids is 1. The number of hydrogen-bond donors (Lipinski definition) is 1. The molecule has 1 saturated heterocycles. The van der Waals surface area contributed by atoms with Crippen LogP contribution in [0.25, 0.3) is 0 Å². The van der Waals surface area contributed by atoms with Crippen molar-refractivity contribution in [1.82, 2.24) is 4.31 Å². The molecule has 0 saturated carbocycles. The Morgan fingerprint density at radius 3 is 2.50 bits per heavy atom. The number of benzene rings is 2. The van der Waals surface area contributed by atoms with Crippen molar-refractivity contribution in [1.29, 1.82) is 0 Å². The maximum absolute atomic E-state index is 13.4. The molecule has 1 aliphatic heterocycles. The second kappa shape index (κ2) is 7.94. The number of rotatable bonds is 4. The third kappa shape index (κ3) is 4.29. The first-order valence-corrected chi connectivity index (χ1v) is 10.9. The van der Waals surface area contributed by atoms with Crippen LogP contribution in [0, 0.1) is 0 Å². The lowest BCUT2D eigenvalue weighted by Crippen LogP contribution is -2.44. The third-order valence-corrected chi connectivity index (χ3v) is 7.34. The highest BCUT2D eigenvalue weighted by Gasteiger charge is 2.44. The molecule has 3 rings (SSSR count). The number of thioether (sulfide) groups is 1. The summed E-state index contributed by atoms with van der Waals surface area (Å²) in [7, 11) is -4.58. The van der Waals surface area contributed by atoms with E-state index in [2.05, 4.69) is 5.32 Å². The molecule has 150 valence electrons. The Balaban J connectivity index is 1.94. The SMILES string of the molecule is O=C(Nc1ccccc1)[C@@H]1CSCN1S(=O)(=O)c1ccc(Cl)cc1C(F)(F)F. The lowest BCUT2D eigenvalue weighted by Gasteiger charge is -2.24. The smallest absolute Gasteiger partial charge is 0.325 e. The van der Waals surface area contributed by atoms with Gasteiger partial charge in [-0.05, 0) is 30.3 Å². The maximum Gasteiger partial charge on any atom is 0.417 e. The predicted molar refractivity (Wildman–Crippen MR) is 102 cm³/mol. The number of nitrogens with one attached hydrogen (secondary N) is 1. The number of alkyl halides is 3. The second-order valence-corrected chi connectivity index (χ2v) is 9.20. The first-order chi connectivity index (χ1) is 13.1. The van der Waals surface area contributed by atoms with Crippen LogP contribution >= 0.6 is 23.4 Å². The maximum atomic E-state index is 13.4. The topological polar surface area (TPSA) is 66.5 Å². The average molecular weight is 451 g/mol. The zero-order valence-corrected chi connectivity index (χ0v) is 16.5. The van der Waals surface area contributed by atoms with Gasteiger partial charge >= 0.3 is 6.18 Å². The van der Waals surface area contributed by atoms with E-state index in [1.807, 2.05) is 0 Å². The predicted octanol–water partition coefficient (Wildman–Crippen LogP) is 4.06. The Hall–Kier alpha value is -1.75. The van der Waals surface area contributed by atoms with Crippen LogP contribution in [0.5, 0.6) is 0 Å². The fraction of sp³-hybridized carbons (Fsp3) is 0.235. The van der Waals surface area contributed by atoms with E-state index in [4.69, 9.17) is 11.6 Å². The molecule has 11 heteroatoms. The number of para-hydroxylation sites is 1. The summed E-state index contributed by atoms with van der Waals surface area (Å²) < 4.78 is 66.8. The van der Waals surface area contributed by atoms with Gasteiger partial charge in [0.15, 0.2) is 0 Å². The molecular weight excluding hydrogens is 437 g/mol. The molecular formula is C17H14ClF3N2O3S2. The Bertz CT molecular complexity index is 985. The number of sulfonamides is 1. The van der Waals surface area contributed by atoms with Crippen LogP contribution in [0.4, 0.5) is 18.9 Å². The van der Waals surface area contributed by atoms with Crippen LogP contribution in [0.3, 0.4) is 0 Å². The lowest BCUT2D eigenvalue weighted by molar-refractivity contribution is -0.139. The van der Waals surface area contributed by atoms with Gasteiger partial charge in [-0.3, -0.25) is 4.79 Å². The molecule has 2 aromatic rings. The van der Waals surface area contributed by atoms with E-state index in [0.717, 1.165) is 28.2 Å². The van der Waals surface area contributed by atoms with E-state index < -0.39 is 38.6 Å². The van der Waals surface area contributed by atoms with Gasteiger partial charge in [0.05, 0.1) is 16.3 Å². The van der Waals surface area contributed by atoms with Gasteiger partial charge in [-0.15, -0.1) is 11.8 Å². The monoisotopic (exact) mass is 450 g/mol. The van der Waals surface area contributed by atoms with E-state index in [9.17, 15) is 26.4 Å². The van der Waals surface area contributed by atoms with Crippen LogP contribution in [0.2, 0.25) is 5.02 Å². The van der Waals surface area contributed by atoms with Gasteiger partial charge < -0.3 is 5.32 Å². The summed E-state index contributed by atoms with van der Waals surface area (Å²) >= 11 is 6.77. The first-order valence-electron chi connectivity index (χ1n) is 7.93. The van der Waals surface area contributed by atoms with E-state index >= 15 is 0 Å². The molecule has 0 aromatic heterocycles. The molecule has 1 fully saturated rings. The molecule has 0 unspecified atom stereocenters. The molecule has 1 heterocycles. The molecule has 2 aromatic carbocycles. The Labute approximate surface area is 168 Å². The number of nitrogens with zero attached hydrogens (tertiary/aromatic N) is 1. The van der Waals surface area contributed by atoms with Crippen molar-refractivity contribution in [3.8, 4) is 0 Å². The molecule has 1 atom stereocenters. The molecule has 28 heavy (non-hydrogen) atoms. The van der Waals surface area contributed by atoms with E-state index in [0.29, 0.717) is 11.8 Å². The van der Waals surface area contributed by atoms with Crippen LogP contribution in [0.15, 0.2) is 53.4 Å². The highest BCUT2D eigenvalue weighted by Crippen LogP contribution is 2.38. The summed E-state index contributed by atoms with van der Waals surface area (Å²) in [6, 6.07) is 9.70. The molecule has 0 radical (unpaired) electrons. The number of carbonyl (C=O) groups is 1. The summed E-state index contributed by atoms with van der Waals surface area (Å²) in [5, 5.41) is 2.35. The quantitative estimate of drug-likeness (QED) is 0.762. The van der Waals surface area contributed by atoms with Gasteiger partial charge in [-0.2, -0.15) is 17.5 Å². The zero-order chi connectivity index (χ0) is 20.5. The van der Waals surface area contributed by atoms with E-state index in [1.165, 1.54) is 0 Å². The van der Waals surface area contributed by atoms with Crippen LogP contribution in [-0.2, 0) is 21.0 Å². The van der Waals surface area contributed by atoms with Crippen LogP contribution in [-0.4, -0.2) is 36.3 Å². The van der Waals surface area contributed by atoms with Crippen LogP contribution < -0.4 is 5.32 Å². The van der Waals surface area contributed by atoms with Gasteiger partial charge in [0.1, 0.15) is 6.04 Å². The first kappa shape index (κ1) is 21.0. The van der Waals surface area contributed by atoms with Gasteiger partial charge in [0.2, 0.25) is 15.9 Å². The summed E-state index contributed by atoms with van der Waals surface area (Å²) in [6.45, 7) is 0. The van der Waals surface area contributed by atoms with Gasteiger partial charge in [-0.1, -0.05) is 29.8 Å². The minimum absolute atomic E-state index is 0.130. The molecule has 5 nitrogen and oxygen atoms in total. The highest BCUT2D eigenvalue weighted by atomic mass is 35.5. The molecule has 1 amide bonds. The second-order valence-electron chi connectivity index (χ2n) is 5.90. The van der Waals surface area contributed by atoms with Gasteiger partial charge in [-0.25, -0.2) is 8.42 Å². The fourth-order valence-electron chi connectivity index (χ4n) is 2.69. The lowest BCUT2D eigenvalue weighted by atomic mass is 10.2. The highest BCUT2D eigenvalue weighted by molar-refractivity contribution is 8.00. The van der Waals surface area contributed by atoms with Gasteiger partial charge in [0, 0.05) is 16.5 Å². The average Bonchev–Trinajstić information content (AvgIpc) is 3.12. The Morgan fingerprint density at radius 1 is 1.18 bits per heavy atom. The molecule has 0 bridgehead atoms. The minimum Gasteiger partial charge on any atom is -0.325 e. The number of amides is 1. The minimum atomic E-state index is -4.91. The van der Waals surface area contributed by atoms with E-state index in [-0.39, 0.29) is 16.7 Å². The zero-order valence-electron chi connectivity index (χ0n) is 14.1. The molecule has 0 aliphatic carbocycles. The van der Waals surface area contributed by atoms with Crippen molar-refractivity contribution in [2.75, 3.05) is 16.9 Å². The van der Waals surface area contributed by atoms with E-state index in [1.54, 1.807) is 30.3 Å². The Kier molecular flexibility index (Phi) is 5.95. The number of anilines is 1. The molecule has 0 spiro atoms. The molecule has 1 N–H and O–H groups in total. The van der Waals surface area contributed by atoms with Crippen molar-refractivity contribution in [3.63, 3.8) is 0 Å². The summed E-state index contributed by atoms with van der Waals surface area (Å²) in [4.78, 5) is 11.6. The van der Waals surface area contributed by atoms with Crippen molar-refractivity contribution in [2.45, 2.75) is 17.1 Å². The number of hydrogen-bond acceptors (Lipinski definition) is 4. The van der Waals surface area contributed by atoms with Crippen molar-refractivity contribution >= 4 is 45.0 Å². The van der Waals surface area contributed by atoms with Crippen LogP contribution in [0.1, 0.15) is 5.56 Å². The standard InChI is InChI=1S/C17H14ClF3N2O3S2/c18-11-6-7-15(13(8-11)17(19,20)21)28(25,26)23-10-27-9-14(23)16(24)22-12-4-2-1-3-5-12/h1-8,14H,9-10H2,(H,22,24)/t14-/m0/s1. The van der Waals surface area contributed by atoms with Crippen molar-refractivity contribution < 1.29 is 26.4 Å². The summed E-state index contributed by atoms with van der Waals surface area (Å²) in [5.74, 6) is -0.607. The van der Waals surface area contributed by atoms with Crippen molar-refractivity contribution in [2.24, 2.45) is 0 Å². The van der Waals surface area contributed by atoms with Gasteiger partial charge in [0.25, 0.3) is 0 Å². The summed E-state index contributed by atoms with van der Waals surface area (Å²) in [6.07, 6.45) is -4.91. The fourth-order valence-corrected chi connectivity index (χ4v) is 6.21. The summed E-state index contributed by atoms with van der Waals surface area (Å²) in [5.41, 5.74) is -0.900. The largest absolute Gasteiger partial charge is 0.417 e. The number of halogens is 4. The normalized spacial score (nSPS) is 18.2. The third-order valence-electron chi connectivity index (χ3n) is 4.02. The molecule has 1 aliphatic rings. The Morgan fingerprint density at radius 2 is 1.86 bits per heavy atom.